The van der Waals surface area contributed by atoms with Gasteiger partial charge in [-0.3, -0.25) is 0 Å². The Hall–Kier alpha value is -3.52. The number of benzene rings is 3. The molecule has 0 bridgehead atoms. The van der Waals surface area contributed by atoms with Crippen molar-refractivity contribution in [3.8, 4) is 0 Å². The minimum absolute atomic E-state index is 0.134. The number of nitrogens with one attached hydrogen (secondary N) is 1. The smallest absolute Gasteiger partial charge is 0.318 e. The molecular weight excluding hydrogens is 442 g/mol. The summed E-state index contributed by atoms with van der Waals surface area (Å²) in [6, 6.07) is 21.5. The quantitative estimate of drug-likeness (QED) is 0.452. The first-order valence-electron chi connectivity index (χ1n) is 10.7. The number of carbonyl (C=O) groups is 1. The molecule has 0 radical (unpaired) electrons. The predicted molar refractivity (Wildman–Crippen MR) is 127 cm³/mol. The van der Waals surface area contributed by atoms with Crippen molar-refractivity contribution in [3.05, 3.63) is 95.6 Å². The third-order valence-electron chi connectivity index (χ3n) is 5.77. The zero-order chi connectivity index (χ0) is 22.8. The summed E-state index contributed by atoms with van der Waals surface area (Å²) in [5.41, 5.74) is 2.21. The van der Waals surface area contributed by atoms with Gasteiger partial charge in [0.2, 0.25) is 0 Å². The van der Waals surface area contributed by atoms with Gasteiger partial charge in [-0.2, -0.15) is 0 Å². The summed E-state index contributed by atoms with van der Waals surface area (Å²) in [6.45, 7) is 2.15. The molecule has 0 spiro atoms. The summed E-state index contributed by atoms with van der Waals surface area (Å²) < 4.78 is 28.0. The van der Waals surface area contributed by atoms with Gasteiger partial charge >= 0.3 is 6.03 Å². The Morgan fingerprint density at radius 1 is 0.909 bits per heavy atom. The third kappa shape index (κ3) is 4.52. The van der Waals surface area contributed by atoms with E-state index < -0.39 is 11.6 Å². The van der Waals surface area contributed by atoms with Gasteiger partial charge < -0.3 is 15.1 Å². The van der Waals surface area contributed by atoms with E-state index in [0.717, 1.165) is 17.2 Å². The number of nitrogens with zero attached hydrogens (tertiary/aromatic N) is 3. The van der Waals surface area contributed by atoms with Crippen LogP contribution >= 0.6 is 11.3 Å². The van der Waals surface area contributed by atoms with E-state index in [4.69, 9.17) is 0 Å². The maximum absolute atomic E-state index is 14.0. The molecule has 5 rings (SSSR count). The highest BCUT2D eigenvalue weighted by Crippen LogP contribution is 2.31. The molecule has 0 saturated carbocycles. The van der Waals surface area contributed by atoms with Crippen LogP contribution in [0.1, 0.15) is 17.2 Å². The van der Waals surface area contributed by atoms with Crippen LogP contribution in [0.15, 0.2) is 72.8 Å². The number of hydrogen-bond acceptors (Lipinski definition) is 4. The van der Waals surface area contributed by atoms with Crippen LogP contribution in [0, 0.1) is 11.6 Å². The second-order valence-electron chi connectivity index (χ2n) is 7.91. The number of rotatable bonds is 4. The Kier molecular flexibility index (Phi) is 5.92. The number of thiazole rings is 1. The molecule has 1 aromatic heterocycles. The fraction of sp³-hybridized carbons (Fsp3) is 0.200. The standard InChI is InChI=1S/C25H22F2N4OS/c26-19-15-20(27)23-21(16-19)33-25(29-23)31-13-11-30(12-14-31)24(32)28-22(17-7-3-1-4-8-17)18-9-5-2-6-10-18/h1-10,15-16,22H,11-14H2,(H,28,32). The fourth-order valence-electron chi connectivity index (χ4n) is 4.05. The van der Waals surface area contributed by atoms with Crippen molar-refractivity contribution >= 4 is 32.7 Å². The Morgan fingerprint density at radius 3 is 2.12 bits per heavy atom. The lowest BCUT2D eigenvalue weighted by Gasteiger charge is -2.35. The maximum Gasteiger partial charge on any atom is 0.318 e. The van der Waals surface area contributed by atoms with Gasteiger partial charge in [-0.1, -0.05) is 72.0 Å². The number of fused-ring (bicyclic) bond motifs is 1. The van der Waals surface area contributed by atoms with Crippen LogP contribution < -0.4 is 10.2 Å². The molecule has 168 valence electrons. The Morgan fingerprint density at radius 2 is 1.52 bits per heavy atom. The van der Waals surface area contributed by atoms with Gasteiger partial charge in [-0.25, -0.2) is 18.6 Å². The first kappa shape index (κ1) is 21.3. The van der Waals surface area contributed by atoms with E-state index in [1.165, 1.54) is 17.4 Å². The minimum Gasteiger partial charge on any atom is -0.345 e. The molecule has 33 heavy (non-hydrogen) atoms. The number of aromatic nitrogens is 1. The highest BCUT2D eigenvalue weighted by molar-refractivity contribution is 7.22. The highest BCUT2D eigenvalue weighted by Gasteiger charge is 2.26. The molecule has 1 fully saturated rings. The molecule has 2 heterocycles. The third-order valence-corrected chi connectivity index (χ3v) is 6.84. The lowest BCUT2D eigenvalue weighted by Crippen LogP contribution is -2.52. The Labute approximate surface area is 194 Å². The summed E-state index contributed by atoms with van der Waals surface area (Å²) in [7, 11) is 0. The average Bonchev–Trinajstić information content (AvgIpc) is 3.28. The monoisotopic (exact) mass is 464 g/mol. The van der Waals surface area contributed by atoms with Gasteiger partial charge in [0.05, 0.1) is 10.7 Å². The molecule has 1 saturated heterocycles. The van der Waals surface area contributed by atoms with Gasteiger partial charge in [0.25, 0.3) is 0 Å². The molecule has 8 heteroatoms. The van der Waals surface area contributed by atoms with Crippen LogP contribution in [0.2, 0.25) is 0 Å². The fourth-order valence-corrected chi connectivity index (χ4v) is 5.10. The molecule has 2 amide bonds. The van der Waals surface area contributed by atoms with Crippen molar-refractivity contribution < 1.29 is 13.6 Å². The largest absolute Gasteiger partial charge is 0.345 e. The van der Waals surface area contributed by atoms with E-state index >= 15 is 0 Å². The van der Waals surface area contributed by atoms with Crippen molar-refractivity contribution in [2.45, 2.75) is 6.04 Å². The molecule has 1 aliphatic heterocycles. The summed E-state index contributed by atoms with van der Waals surface area (Å²) >= 11 is 1.26. The first-order chi connectivity index (χ1) is 16.1. The minimum atomic E-state index is -0.654. The van der Waals surface area contributed by atoms with E-state index in [2.05, 4.69) is 10.3 Å². The topological polar surface area (TPSA) is 48.5 Å². The van der Waals surface area contributed by atoms with E-state index in [9.17, 15) is 13.6 Å². The normalized spacial score (nSPS) is 14.2. The van der Waals surface area contributed by atoms with Gasteiger partial charge in [-0.05, 0) is 17.2 Å². The number of anilines is 1. The number of piperazine rings is 1. The van der Waals surface area contributed by atoms with Crippen LogP contribution in [0.3, 0.4) is 0 Å². The number of carbonyl (C=O) groups excluding carboxylic acids is 1. The zero-order valence-electron chi connectivity index (χ0n) is 17.7. The second kappa shape index (κ2) is 9.15. The summed E-state index contributed by atoms with van der Waals surface area (Å²) in [5, 5.41) is 3.81. The Bertz CT molecular complexity index is 1220. The summed E-state index contributed by atoms with van der Waals surface area (Å²) in [5.74, 6) is -1.26. The van der Waals surface area contributed by atoms with Gasteiger partial charge in [0, 0.05) is 32.2 Å². The first-order valence-corrected chi connectivity index (χ1v) is 11.6. The van der Waals surface area contributed by atoms with Crippen LogP contribution in [-0.2, 0) is 0 Å². The molecule has 1 aliphatic rings. The van der Waals surface area contributed by atoms with Gasteiger partial charge in [0.1, 0.15) is 11.3 Å². The average molecular weight is 465 g/mol. The lowest BCUT2D eigenvalue weighted by atomic mass is 9.99. The van der Waals surface area contributed by atoms with Gasteiger partial charge in [0.15, 0.2) is 10.9 Å². The molecule has 5 nitrogen and oxygen atoms in total. The number of urea groups is 1. The predicted octanol–water partition coefficient (Wildman–Crippen LogP) is 5.20. The molecule has 0 unspecified atom stereocenters. The zero-order valence-corrected chi connectivity index (χ0v) is 18.6. The molecule has 1 N–H and O–H groups in total. The highest BCUT2D eigenvalue weighted by atomic mass is 32.1. The molecule has 4 aromatic rings. The van der Waals surface area contributed by atoms with Crippen LogP contribution in [0.25, 0.3) is 10.2 Å². The molecule has 0 atom stereocenters. The molecule has 3 aromatic carbocycles. The molecule has 0 aliphatic carbocycles. The Balaban J connectivity index is 1.28. The van der Waals surface area contributed by atoms with Crippen LogP contribution in [0.5, 0.6) is 0 Å². The van der Waals surface area contributed by atoms with Crippen molar-refractivity contribution in [1.29, 1.82) is 0 Å². The lowest BCUT2D eigenvalue weighted by molar-refractivity contribution is 0.192. The van der Waals surface area contributed by atoms with E-state index in [1.54, 1.807) is 4.90 Å². The number of amides is 2. The van der Waals surface area contributed by atoms with Crippen molar-refractivity contribution in [3.63, 3.8) is 0 Å². The van der Waals surface area contributed by atoms with E-state index in [0.29, 0.717) is 36.0 Å². The SMILES string of the molecule is O=C(NC(c1ccccc1)c1ccccc1)N1CCN(c2nc3c(F)cc(F)cc3s2)CC1. The maximum atomic E-state index is 14.0. The van der Waals surface area contributed by atoms with Crippen molar-refractivity contribution in [2.24, 2.45) is 0 Å². The summed E-state index contributed by atoms with van der Waals surface area (Å²) in [4.78, 5) is 21.3. The number of hydrogen-bond donors (Lipinski definition) is 1. The van der Waals surface area contributed by atoms with E-state index in [1.807, 2.05) is 65.6 Å². The van der Waals surface area contributed by atoms with Crippen LogP contribution in [0.4, 0.5) is 18.7 Å². The summed E-state index contributed by atoms with van der Waals surface area (Å²) in [6.07, 6.45) is 0. The molecular formula is C25H22F2N4OS. The van der Waals surface area contributed by atoms with Crippen molar-refractivity contribution in [1.82, 2.24) is 15.2 Å². The van der Waals surface area contributed by atoms with Crippen molar-refractivity contribution in [2.75, 3.05) is 31.1 Å². The second-order valence-corrected chi connectivity index (χ2v) is 8.92. The number of halogens is 2. The van der Waals surface area contributed by atoms with E-state index in [-0.39, 0.29) is 17.6 Å². The van der Waals surface area contributed by atoms with Gasteiger partial charge in [-0.15, -0.1) is 0 Å². The van der Waals surface area contributed by atoms with Crippen LogP contribution in [-0.4, -0.2) is 42.1 Å².